The predicted molar refractivity (Wildman–Crippen MR) is 64.2 cm³/mol. The number of nitrogens with zero attached hydrogens (tertiary/aromatic N) is 2. The summed E-state index contributed by atoms with van der Waals surface area (Å²) in [5.41, 5.74) is 1.85. The number of methoxy groups -OCH3 is 1. The molecule has 3 rings (SSSR count). The number of carbonyl (C=O) groups excluding carboxylic acids is 1. The molecule has 3 heterocycles. The van der Waals surface area contributed by atoms with Crippen LogP contribution in [0.5, 0.6) is 0 Å². The Kier molecular flexibility index (Phi) is 2.29. The molecule has 17 heavy (non-hydrogen) atoms. The number of amides is 1. The molecule has 0 spiro atoms. The van der Waals surface area contributed by atoms with E-state index in [1.165, 1.54) is 0 Å². The van der Waals surface area contributed by atoms with Crippen molar-refractivity contribution in [2.45, 2.75) is 25.5 Å². The molecule has 2 aliphatic heterocycles. The van der Waals surface area contributed by atoms with Crippen molar-refractivity contribution in [2.24, 2.45) is 0 Å². The predicted octanol–water partition coefficient (Wildman–Crippen LogP) is 0.936. The van der Waals surface area contributed by atoms with Gasteiger partial charge in [0.25, 0.3) is 0 Å². The first-order valence-corrected chi connectivity index (χ1v) is 5.76. The smallest absolute Gasteiger partial charge is 0.247 e. The molecule has 1 saturated heterocycles. The summed E-state index contributed by atoms with van der Waals surface area (Å²) in [5.74, 6) is 0.907. The Bertz CT molecular complexity index is 475. The molecule has 5 heteroatoms. The van der Waals surface area contributed by atoms with E-state index in [1.54, 1.807) is 7.11 Å². The van der Waals surface area contributed by atoms with Gasteiger partial charge < -0.3 is 15.0 Å². The number of carbonyl (C=O) groups is 1. The molecule has 0 aromatic carbocycles. The fourth-order valence-corrected chi connectivity index (χ4v) is 2.55. The number of ether oxygens (including phenoxy) is 1. The van der Waals surface area contributed by atoms with E-state index in [2.05, 4.69) is 10.3 Å². The first kappa shape index (κ1) is 10.5. The molecule has 1 fully saturated rings. The molecular weight excluding hydrogens is 218 g/mol. The van der Waals surface area contributed by atoms with E-state index in [1.807, 2.05) is 24.1 Å². The van der Waals surface area contributed by atoms with Crippen molar-refractivity contribution in [3.8, 4) is 0 Å². The molecular formula is C12H15N3O2. The molecule has 1 aromatic rings. The second-order valence-electron chi connectivity index (χ2n) is 4.63. The summed E-state index contributed by atoms with van der Waals surface area (Å²) in [4.78, 5) is 18.4. The lowest BCUT2D eigenvalue weighted by molar-refractivity contribution is -0.117. The maximum Gasteiger partial charge on any atom is 0.247 e. The number of fused-ring (bicyclic) bond motifs is 3. The third-order valence-electron chi connectivity index (χ3n) is 3.43. The number of nitrogens with one attached hydrogen (secondary N) is 1. The first-order chi connectivity index (χ1) is 8.19. The summed E-state index contributed by atoms with van der Waals surface area (Å²) in [6, 6.07) is 1.82. The normalized spacial score (nSPS) is 26.5. The third-order valence-corrected chi connectivity index (χ3v) is 3.43. The summed E-state index contributed by atoms with van der Waals surface area (Å²) in [5, 5.41) is 2.92. The van der Waals surface area contributed by atoms with Crippen LogP contribution in [0.25, 0.3) is 0 Å². The minimum atomic E-state index is -0.136. The van der Waals surface area contributed by atoms with E-state index in [-0.39, 0.29) is 18.1 Å². The van der Waals surface area contributed by atoms with Crippen LogP contribution >= 0.6 is 0 Å². The number of rotatable bonds is 1. The Balaban J connectivity index is 2.01. The minimum Gasteiger partial charge on any atom is -0.380 e. The average Bonchev–Trinajstić information content (AvgIpc) is 2.73. The quantitative estimate of drug-likeness (QED) is 0.784. The summed E-state index contributed by atoms with van der Waals surface area (Å²) in [6.07, 6.45) is 2.67. The van der Waals surface area contributed by atoms with Crippen molar-refractivity contribution >= 4 is 17.4 Å². The Morgan fingerprint density at radius 2 is 2.41 bits per heavy atom. The Morgan fingerprint density at radius 1 is 1.59 bits per heavy atom. The van der Waals surface area contributed by atoms with Crippen LogP contribution in [0.1, 0.15) is 12.0 Å². The number of hydrogen-bond acceptors (Lipinski definition) is 4. The van der Waals surface area contributed by atoms with Gasteiger partial charge in [-0.2, -0.15) is 0 Å². The van der Waals surface area contributed by atoms with Gasteiger partial charge in [-0.15, -0.1) is 0 Å². The molecule has 1 aromatic heterocycles. The molecule has 1 N–H and O–H groups in total. The fraction of sp³-hybridized carbons (Fsp3) is 0.500. The molecule has 0 aliphatic carbocycles. The standard InChI is InChI=1S/C12H15N3O2/c1-7-3-9-11(13-5-7)15-6-8(17-2)4-10(15)12(16)14-9/h3,5,8,10H,4,6H2,1-2H3,(H,14,16). The van der Waals surface area contributed by atoms with E-state index in [4.69, 9.17) is 4.74 Å². The largest absolute Gasteiger partial charge is 0.380 e. The van der Waals surface area contributed by atoms with Gasteiger partial charge in [-0.05, 0) is 18.6 Å². The van der Waals surface area contributed by atoms with Crippen LogP contribution in [0.2, 0.25) is 0 Å². The highest BCUT2D eigenvalue weighted by Gasteiger charge is 2.41. The lowest BCUT2D eigenvalue weighted by Crippen LogP contribution is -2.44. The van der Waals surface area contributed by atoms with E-state index in [9.17, 15) is 4.79 Å². The molecule has 0 bridgehead atoms. The van der Waals surface area contributed by atoms with Crippen LogP contribution < -0.4 is 10.2 Å². The zero-order valence-corrected chi connectivity index (χ0v) is 9.93. The maximum absolute atomic E-state index is 12.0. The SMILES string of the molecule is COC1CC2C(=O)Nc3cc(C)cnc3N2C1. The summed E-state index contributed by atoms with van der Waals surface area (Å²) < 4.78 is 5.34. The average molecular weight is 233 g/mol. The monoisotopic (exact) mass is 233 g/mol. The van der Waals surface area contributed by atoms with Gasteiger partial charge in [0.2, 0.25) is 5.91 Å². The molecule has 2 aliphatic rings. The Labute approximate surface area is 99.8 Å². The van der Waals surface area contributed by atoms with Gasteiger partial charge in [0.05, 0.1) is 11.8 Å². The molecule has 0 saturated carbocycles. The van der Waals surface area contributed by atoms with Gasteiger partial charge in [-0.25, -0.2) is 4.98 Å². The number of aromatic nitrogens is 1. The van der Waals surface area contributed by atoms with Gasteiger partial charge in [-0.1, -0.05) is 0 Å². The highest BCUT2D eigenvalue weighted by molar-refractivity contribution is 6.03. The number of pyridine rings is 1. The minimum absolute atomic E-state index is 0.0458. The van der Waals surface area contributed by atoms with Crippen molar-refractivity contribution < 1.29 is 9.53 Å². The molecule has 5 nitrogen and oxygen atoms in total. The highest BCUT2D eigenvalue weighted by Crippen LogP contribution is 2.35. The Morgan fingerprint density at radius 3 is 3.18 bits per heavy atom. The van der Waals surface area contributed by atoms with Crippen molar-refractivity contribution in [3.63, 3.8) is 0 Å². The van der Waals surface area contributed by atoms with E-state index < -0.39 is 0 Å². The lowest BCUT2D eigenvalue weighted by atomic mass is 10.1. The molecule has 0 radical (unpaired) electrons. The van der Waals surface area contributed by atoms with E-state index >= 15 is 0 Å². The number of aryl methyl sites for hydroxylation is 1. The second-order valence-corrected chi connectivity index (χ2v) is 4.63. The van der Waals surface area contributed by atoms with Gasteiger partial charge in [-0.3, -0.25) is 4.79 Å². The van der Waals surface area contributed by atoms with Crippen LogP contribution in [-0.2, 0) is 9.53 Å². The van der Waals surface area contributed by atoms with Crippen LogP contribution in [-0.4, -0.2) is 36.7 Å². The van der Waals surface area contributed by atoms with E-state index in [0.29, 0.717) is 0 Å². The van der Waals surface area contributed by atoms with Crippen LogP contribution in [0.3, 0.4) is 0 Å². The molecule has 2 atom stereocenters. The number of anilines is 2. The van der Waals surface area contributed by atoms with Crippen molar-refractivity contribution in [2.75, 3.05) is 23.9 Å². The summed E-state index contributed by atoms with van der Waals surface area (Å²) in [7, 11) is 1.69. The first-order valence-electron chi connectivity index (χ1n) is 5.76. The van der Waals surface area contributed by atoms with Gasteiger partial charge >= 0.3 is 0 Å². The van der Waals surface area contributed by atoms with Crippen LogP contribution in [0.4, 0.5) is 11.5 Å². The van der Waals surface area contributed by atoms with Gasteiger partial charge in [0, 0.05) is 26.3 Å². The zero-order chi connectivity index (χ0) is 12.0. The van der Waals surface area contributed by atoms with Gasteiger partial charge in [0.1, 0.15) is 6.04 Å². The second kappa shape index (κ2) is 3.70. The van der Waals surface area contributed by atoms with E-state index in [0.717, 1.165) is 30.0 Å². The van der Waals surface area contributed by atoms with Crippen molar-refractivity contribution in [3.05, 3.63) is 17.8 Å². The van der Waals surface area contributed by atoms with Crippen LogP contribution in [0.15, 0.2) is 12.3 Å². The molecule has 90 valence electrons. The molecule has 1 amide bonds. The van der Waals surface area contributed by atoms with Gasteiger partial charge in [0.15, 0.2) is 5.82 Å². The fourth-order valence-electron chi connectivity index (χ4n) is 2.55. The van der Waals surface area contributed by atoms with Crippen molar-refractivity contribution in [1.82, 2.24) is 4.98 Å². The summed E-state index contributed by atoms with van der Waals surface area (Å²) >= 11 is 0. The number of hydrogen-bond donors (Lipinski definition) is 1. The lowest BCUT2D eigenvalue weighted by Gasteiger charge is -2.31. The topological polar surface area (TPSA) is 54.5 Å². The van der Waals surface area contributed by atoms with Crippen molar-refractivity contribution in [1.29, 1.82) is 0 Å². The zero-order valence-electron chi connectivity index (χ0n) is 9.93. The maximum atomic E-state index is 12.0. The van der Waals surface area contributed by atoms with Crippen LogP contribution in [0, 0.1) is 6.92 Å². The Hall–Kier alpha value is -1.62. The molecule has 2 unspecified atom stereocenters. The highest BCUT2D eigenvalue weighted by atomic mass is 16.5. The third kappa shape index (κ3) is 1.58. The summed E-state index contributed by atoms with van der Waals surface area (Å²) in [6.45, 7) is 2.70.